The maximum atomic E-state index is 5.65. The Morgan fingerprint density at radius 3 is 2.81 bits per heavy atom. The summed E-state index contributed by atoms with van der Waals surface area (Å²) in [5.74, 6) is 0.886. The van der Waals surface area contributed by atoms with Crippen LogP contribution in [0.1, 0.15) is 6.92 Å². The van der Waals surface area contributed by atoms with Crippen molar-refractivity contribution in [3.8, 4) is 5.75 Å². The summed E-state index contributed by atoms with van der Waals surface area (Å²) in [4.78, 5) is 0. The van der Waals surface area contributed by atoms with E-state index in [1.807, 2.05) is 37.3 Å². The van der Waals surface area contributed by atoms with Gasteiger partial charge in [0.05, 0.1) is 4.47 Å². The summed E-state index contributed by atoms with van der Waals surface area (Å²) >= 11 is 3.58. The van der Waals surface area contributed by atoms with E-state index in [0.717, 1.165) is 10.2 Å². The van der Waals surface area contributed by atoms with E-state index in [0.29, 0.717) is 6.61 Å². The van der Waals surface area contributed by atoms with Gasteiger partial charge in [-0.2, -0.15) is 0 Å². The summed E-state index contributed by atoms with van der Waals surface area (Å²) in [5.41, 5.74) is 0. The number of hydrogen-bond acceptors (Lipinski definition) is 1. The third-order valence-corrected chi connectivity index (χ3v) is 3.22. The molecular weight excluding hydrogens is 264 g/mol. The highest BCUT2D eigenvalue weighted by Gasteiger charge is 2.04. The predicted molar refractivity (Wildman–Crippen MR) is 72.0 cm³/mol. The molecule has 0 heterocycles. The van der Waals surface area contributed by atoms with Crippen LogP contribution in [0.25, 0.3) is 10.8 Å². The van der Waals surface area contributed by atoms with Crippen LogP contribution in [0.2, 0.25) is 0 Å². The van der Waals surface area contributed by atoms with Crippen LogP contribution in [0.15, 0.2) is 53.0 Å². The maximum Gasteiger partial charge on any atom is 0.134 e. The largest absolute Gasteiger partial charge is 0.488 e. The summed E-state index contributed by atoms with van der Waals surface area (Å²) in [6.45, 7) is 2.59. The maximum absolute atomic E-state index is 5.65. The van der Waals surface area contributed by atoms with Crippen molar-refractivity contribution >= 4 is 26.7 Å². The van der Waals surface area contributed by atoms with Crippen molar-refractivity contribution in [3.63, 3.8) is 0 Å². The monoisotopic (exact) mass is 276 g/mol. The zero-order valence-corrected chi connectivity index (χ0v) is 10.7. The second-order valence-electron chi connectivity index (χ2n) is 3.48. The summed E-state index contributed by atoms with van der Waals surface area (Å²) in [7, 11) is 0. The standard InChI is InChI=1S/C14H13BrO/c1-2-3-10-16-13-9-8-11-6-4-5-7-12(11)14(13)15/h2-9H,10H2,1H3. The van der Waals surface area contributed by atoms with Crippen molar-refractivity contribution in [3.05, 3.63) is 53.0 Å². The fourth-order valence-electron chi connectivity index (χ4n) is 1.56. The lowest BCUT2D eigenvalue weighted by molar-refractivity contribution is 0.361. The fourth-order valence-corrected chi connectivity index (χ4v) is 2.17. The number of halogens is 1. The van der Waals surface area contributed by atoms with Gasteiger partial charge < -0.3 is 4.74 Å². The minimum absolute atomic E-state index is 0.605. The Kier molecular flexibility index (Phi) is 3.62. The van der Waals surface area contributed by atoms with Crippen LogP contribution in [0.4, 0.5) is 0 Å². The van der Waals surface area contributed by atoms with Crippen LogP contribution in [0.3, 0.4) is 0 Å². The molecule has 0 aliphatic rings. The van der Waals surface area contributed by atoms with E-state index >= 15 is 0 Å². The smallest absolute Gasteiger partial charge is 0.134 e. The molecule has 2 heteroatoms. The van der Waals surface area contributed by atoms with Crippen LogP contribution in [0, 0.1) is 0 Å². The molecule has 0 unspecified atom stereocenters. The number of hydrogen-bond donors (Lipinski definition) is 0. The Hall–Kier alpha value is -1.28. The highest BCUT2D eigenvalue weighted by atomic mass is 79.9. The molecule has 0 saturated heterocycles. The second kappa shape index (κ2) is 5.17. The molecule has 0 radical (unpaired) electrons. The molecule has 0 amide bonds. The second-order valence-corrected chi connectivity index (χ2v) is 4.27. The summed E-state index contributed by atoms with van der Waals surface area (Å²) < 4.78 is 6.67. The highest BCUT2D eigenvalue weighted by molar-refractivity contribution is 9.10. The first-order chi connectivity index (χ1) is 7.83. The first kappa shape index (κ1) is 11.2. The zero-order chi connectivity index (χ0) is 11.4. The van der Waals surface area contributed by atoms with Crippen LogP contribution >= 0.6 is 15.9 Å². The van der Waals surface area contributed by atoms with Crippen molar-refractivity contribution in [2.24, 2.45) is 0 Å². The molecule has 0 aliphatic carbocycles. The molecule has 0 aromatic heterocycles. The van der Waals surface area contributed by atoms with Gasteiger partial charge in [0, 0.05) is 0 Å². The van der Waals surface area contributed by atoms with Crippen LogP contribution in [-0.4, -0.2) is 6.61 Å². The van der Waals surface area contributed by atoms with Crippen molar-refractivity contribution in [2.45, 2.75) is 6.92 Å². The van der Waals surface area contributed by atoms with Crippen LogP contribution < -0.4 is 4.74 Å². The van der Waals surface area contributed by atoms with Gasteiger partial charge in [-0.3, -0.25) is 0 Å². The SMILES string of the molecule is CC=CCOc1ccc2ccccc2c1Br. The molecule has 2 aromatic carbocycles. The van der Waals surface area contributed by atoms with Gasteiger partial charge in [-0.15, -0.1) is 0 Å². The van der Waals surface area contributed by atoms with E-state index in [-0.39, 0.29) is 0 Å². The average Bonchev–Trinajstić information content (AvgIpc) is 2.33. The van der Waals surface area contributed by atoms with Crippen LogP contribution in [-0.2, 0) is 0 Å². The van der Waals surface area contributed by atoms with E-state index in [1.54, 1.807) is 0 Å². The lowest BCUT2D eigenvalue weighted by Gasteiger charge is -2.08. The van der Waals surface area contributed by atoms with Gasteiger partial charge in [0.25, 0.3) is 0 Å². The molecule has 0 spiro atoms. The molecule has 0 N–H and O–H groups in total. The number of rotatable bonds is 3. The normalized spacial score (nSPS) is 11.1. The highest BCUT2D eigenvalue weighted by Crippen LogP contribution is 2.32. The molecule has 0 fully saturated rings. The fraction of sp³-hybridized carbons (Fsp3) is 0.143. The molecule has 82 valence electrons. The number of fused-ring (bicyclic) bond motifs is 1. The molecule has 16 heavy (non-hydrogen) atoms. The predicted octanol–water partition coefficient (Wildman–Crippen LogP) is 4.56. The average molecular weight is 277 g/mol. The molecule has 0 saturated carbocycles. The van der Waals surface area contributed by atoms with Crippen LogP contribution in [0.5, 0.6) is 5.75 Å². The molecule has 2 rings (SSSR count). The summed E-state index contributed by atoms with van der Waals surface area (Å²) in [6, 6.07) is 12.3. The molecule has 0 aliphatic heterocycles. The van der Waals surface area contributed by atoms with E-state index in [4.69, 9.17) is 4.74 Å². The van der Waals surface area contributed by atoms with Gasteiger partial charge in [-0.25, -0.2) is 0 Å². The third-order valence-electron chi connectivity index (χ3n) is 2.40. The quantitative estimate of drug-likeness (QED) is 0.747. The number of allylic oxidation sites excluding steroid dienone is 1. The third kappa shape index (κ3) is 2.27. The summed E-state index contributed by atoms with van der Waals surface area (Å²) in [5, 5.41) is 2.40. The summed E-state index contributed by atoms with van der Waals surface area (Å²) in [6.07, 6.45) is 3.97. The molecule has 0 bridgehead atoms. The van der Waals surface area contributed by atoms with E-state index in [1.165, 1.54) is 10.8 Å². The van der Waals surface area contributed by atoms with Gasteiger partial charge >= 0.3 is 0 Å². The Labute approximate surface area is 104 Å². The number of benzene rings is 2. The van der Waals surface area contributed by atoms with E-state index in [2.05, 4.69) is 34.1 Å². The first-order valence-electron chi connectivity index (χ1n) is 5.24. The Morgan fingerprint density at radius 2 is 2.00 bits per heavy atom. The lowest BCUT2D eigenvalue weighted by atomic mass is 10.1. The molecule has 2 aromatic rings. The number of ether oxygens (including phenoxy) is 1. The van der Waals surface area contributed by atoms with E-state index < -0.39 is 0 Å². The van der Waals surface area contributed by atoms with Gasteiger partial charge in [0.15, 0.2) is 0 Å². The Bertz CT molecular complexity index is 517. The van der Waals surface area contributed by atoms with Gasteiger partial charge in [-0.1, -0.05) is 42.5 Å². The van der Waals surface area contributed by atoms with Crippen molar-refractivity contribution in [2.75, 3.05) is 6.61 Å². The van der Waals surface area contributed by atoms with Crippen molar-refractivity contribution in [1.29, 1.82) is 0 Å². The van der Waals surface area contributed by atoms with Crippen molar-refractivity contribution < 1.29 is 4.74 Å². The first-order valence-corrected chi connectivity index (χ1v) is 6.03. The van der Waals surface area contributed by atoms with Gasteiger partial charge in [0.2, 0.25) is 0 Å². The minimum atomic E-state index is 0.605. The molecular formula is C14H13BrO. The minimum Gasteiger partial charge on any atom is -0.488 e. The Balaban J connectivity index is 2.36. The Morgan fingerprint density at radius 1 is 1.19 bits per heavy atom. The topological polar surface area (TPSA) is 9.23 Å². The van der Waals surface area contributed by atoms with Gasteiger partial charge in [0.1, 0.15) is 12.4 Å². The lowest BCUT2D eigenvalue weighted by Crippen LogP contribution is -1.94. The van der Waals surface area contributed by atoms with Crippen molar-refractivity contribution in [1.82, 2.24) is 0 Å². The zero-order valence-electron chi connectivity index (χ0n) is 9.11. The molecule has 0 atom stereocenters. The van der Waals surface area contributed by atoms with E-state index in [9.17, 15) is 0 Å². The molecule has 1 nitrogen and oxygen atoms in total. The van der Waals surface area contributed by atoms with Gasteiger partial charge in [-0.05, 0) is 39.7 Å².